The summed E-state index contributed by atoms with van der Waals surface area (Å²) in [7, 11) is 0. The van der Waals surface area contributed by atoms with Gasteiger partial charge in [0.15, 0.2) is 0 Å². The Kier molecular flexibility index (Phi) is 3.09. The van der Waals surface area contributed by atoms with E-state index in [0.717, 1.165) is 12.8 Å². The number of hydrogen-bond acceptors (Lipinski definition) is 0. The van der Waals surface area contributed by atoms with Crippen molar-refractivity contribution in [1.82, 2.24) is 0 Å². The number of allylic oxidation sites excluding steroid dienone is 5. The Morgan fingerprint density at radius 3 is 2.69 bits per heavy atom. The zero-order valence-electron chi connectivity index (χ0n) is 9.82. The quantitative estimate of drug-likeness (QED) is 0.639. The normalized spacial score (nSPS) is 23.9. The summed E-state index contributed by atoms with van der Waals surface area (Å²) in [5, 5.41) is 0. The molecular weight excluding hydrogens is 192 g/mol. The maximum atomic E-state index is 4.03. The molecule has 0 saturated heterocycles. The Morgan fingerprint density at radius 2 is 2.06 bits per heavy atom. The molecule has 1 aliphatic carbocycles. The predicted molar refractivity (Wildman–Crippen MR) is 71.1 cm³/mol. The maximum absolute atomic E-state index is 4.03. The van der Waals surface area contributed by atoms with Gasteiger partial charge in [0, 0.05) is 5.41 Å². The van der Waals surface area contributed by atoms with E-state index in [4.69, 9.17) is 0 Å². The lowest BCUT2D eigenvalue weighted by molar-refractivity contribution is 0.497. The van der Waals surface area contributed by atoms with Crippen LogP contribution in [-0.4, -0.2) is 0 Å². The van der Waals surface area contributed by atoms with E-state index in [1.165, 1.54) is 11.1 Å². The van der Waals surface area contributed by atoms with Gasteiger partial charge in [-0.1, -0.05) is 61.6 Å². The molecule has 16 heavy (non-hydrogen) atoms. The molecule has 0 amide bonds. The van der Waals surface area contributed by atoms with E-state index < -0.39 is 0 Å². The first-order valence-corrected chi connectivity index (χ1v) is 5.89. The minimum atomic E-state index is 0.121. The van der Waals surface area contributed by atoms with Gasteiger partial charge in [0.1, 0.15) is 0 Å². The van der Waals surface area contributed by atoms with Gasteiger partial charge in [-0.15, -0.1) is 6.58 Å². The number of hydrogen-bond donors (Lipinski definition) is 0. The summed E-state index contributed by atoms with van der Waals surface area (Å²) in [5.41, 5.74) is 2.83. The molecule has 82 valence electrons. The van der Waals surface area contributed by atoms with Crippen LogP contribution in [0, 0.1) is 5.41 Å². The van der Waals surface area contributed by atoms with Gasteiger partial charge in [-0.3, -0.25) is 0 Å². The Balaban J connectivity index is 2.48. The minimum absolute atomic E-state index is 0.121. The molecule has 0 aliphatic heterocycles. The molecule has 0 N–H and O–H groups in total. The smallest absolute Gasteiger partial charge is 0.0167 e. The van der Waals surface area contributed by atoms with Crippen LogP contribution in [0.15, 0.2) is 61.2 Å². The van der Waals surface area contributed by atoms with Crippen molar-refractivity contribution in [2.45, 2.75) is 19.8 Å². The minimum Gasteiger partial charge on any atom is -0.102 e. The summed E-state index contributed by atoms with van der Waals surface area (Å²) in [6.45, 7) is 6.26. The first-order chi connectivity index (χ1) is 7.82. The van der Waals surface area contributed by atoms with E-state index in [-0.39, 0.29) is 5.41 Å². The Hall–Kier alpha value is -1.56. The summed E-state index contributed by atoms with van der Waals surface area (Å²) in [5.74, 6) is 0. The fraction of sp³-hybridized carbons (Fsp3) is 0.250. The molecule has 0 heteroatoms. The topological polar surface area (TPSA) is 0 Å². The second kappa shape index (κ2) is 4.52. The molecule has 1 aliphatic rings. The van der Waals surface area contributed by atoms with Gasteiger partial charge in [0.05, 0.1) is 0 Å². The van der Waals surface area contributed by atoms with Crippen LogP contribution < -0.4 is 0 Å². The van der Waals surface area contributed by atoms with Crippen LogP contribution in [0.4, 0.5) is 0 Å². The monoisotopic (exact) mass is 210 g/mol. The van der Waals surface area contributed by atoms with Crippen molar-refractivity contribution in [3.05, 3.63) is 66.8 Å². The van der Waals surface area contributed by atoms with E-state index in [0.29, 0.717) is 0 Å². The van der Waals surface area contributed by atoms with Crippen LogP contribution in [0.25, 0.3) is 5.57 Å². The zero-order valence-corrected chi connectivity index (χ0v) is 9.82. The summed E-state index contributed by atoms with van der Waals surface area (Å²) in [6.07, 6.45) is 10.9. The zero-order chi connectivity index (χ0) is 11.4. The first-order valence-electron chi connectivity index (χ1n) is 5.89. The highest BCUT2D eigenvalue weighted by molar-refractivity contribution is 5.74. The van der Waals surface area contributed by atoms with Crippen LogP contribution in [0.3, 0.4) is 0 Å². The van der Waals surface area contributed by atoms with Crippen molar-refractivity contribution >= 4 is 5.57 Å². The summed E-state index contributed by atoms with van der Waals surface area (Å²) < 4.78 is 0. The van der Waals surface area contributed by atoms with Gasteiger partial charge >= 0.3 is 0 Å². The van der Waals surface area contributed by atoms with Crippen LogP contribution in [-0.2, 0) is 0 Å². The van der Waals surface area contributed by atoms with Gasteiger partial charge in [0.25, 0.3) is 0 Å². The fourth-order valence-electron chi connectivity index (χ4n) is 2.39. The summed E-state index contributed by atoms with van der Waals surface area (Å²) >= 11 is 0. The highest BCUT2D eigenvalue weighted by atomic mass is 14.3. The Morgan fingerprint density at radius 1 is 1.31 bits per heavy atom. The van der Waals surface area contributed by atoms with E-state index in [2.05, 4.69) is 68.1 Å². The third-order valence-electron chi connectivity index (χ3n) is 3.52. The molecule has 1 atom stereocenters. The van der Waals surface area contributed by atoms with Gasteiger partial charge in [0.2, 0.25) is 0 Å². The lowest BCUT2D eigenvalue weighted by Crippen LogP contribution is -2.19. The molecule has 0 heterocycles. The van der Waals surface area contributed by atoms with Crippen molar-refractivity contribution in [2.24, 2.45) is 5.41 Å². The predicted octanol–water partition coefficient (Wildman–Crippen LogP) is 4.61. The van der Waals surface area contributed by atoms with Crippen LogP contribution >= 0.6 is 0 Å². The molecular formula is C16H18. The Bertz CT molecular complexity index is 423. The lowest BCUT2D eigenvalue weighted by atomic mass is 9.70. The maximum Gasteiger partial charge on any atom is 0.0167 e. The van der Waals surface area contributed by atoms with Crippen molar-refractivity contribution in [1.29, 1.82) is 0 Å². The molecule has 0 aromatic heterocycles. The highest BCUT2D eigenvalue weighted by Crippen LogP contribution is 2.44. The molecule has 0 saturated carbocycles. The molecule has 0 radical (unpaired) electrons. The molecule has 0 nitrogen and oxygen atoms in total. The van der Waals surface area contributed by atoms with E-state index >= 15 is 0 Å². The van der Waals surface area contributed by atoms with Crippen molar-refractivity contribution in [2.75, 3.05) is 0 Å². The summed E-state index contributed by atoms with van der Waals surface area (Å²) in [4.78, 5) is 0. The third kappa shape index (κ3) is 1.76. The van der Waals surface area contributed by atoms with Crippen LogP contribution in [0.2, 0.25) is 0 Å². The molecule has 0 bridgehead atoms. The highest BCUT2D eigenvalue weighted by Gasteiger charge is 2.29. The number of benzene rings is 1. The Labute approximate surface area is 98.0 Å². The van der Waals surface area contributed by atoms with Gasteiger partial charge < -0.3 is 0 Å². The largest absolute Gasteiger partial charge is 0.102 e. The third-order valence-corrected chi connectivity index (χ3v) is 3.52. The van der Waals surface area contributed by atoms with E-state index in [9.17, 15) is 0 Å². The lowest BCUT2D eigenvalue weighted by Gasteiger charge is -2.33. The SMILES string of the molecule is C=CC1(CC)CC=CC=C1c1ccccc1. The molecule has 1 aromatic carbocycles. The van der Waals surface area contributed by atoms with Crippen molar-refractivity contribution in [3.8, 4) is 0 Å². The average Bonchev–Trinajstić information content (AvgIpc) is 2.39. The standard InChI is InChI=1S/C16H18/c1-3-16(4-2)13-9-8-12-15(16)14-10-6-5-7-11-14/h3,5-12H,1,4,13H2,2H3. The first kappa shape index (κ1) is 10.9. The summed E-state index contributed by atoms with van der Waals surface area (Å²) in [6, 6.07) is 10.6. The fourth-order valence-corrected chi connectivity index (χ4v) is 2.39. The van der Waals surface area contributed by atoms with Crippen LogP contribution in [0.1, 0.15) is 25.3 Å². The molecule has 1 aromatic rings. The van der Waals surface area contributed by atoms with Gasteiger partial charge in [-0.05, 0) is 24.0 Å². The number of rotatable bonds is 3. The van der Waals surface area contributed by atoms with Crippen LogP contribution in [0.5, 0.6) is 0 Å². The molecule has 0 spiro atoms. The second-order valence-electron chi connectivity index (χ2n) is 4.29. The van der Waals surface area contributed by atoms with E-state index in [1.54, 1.807) is 0 Å². The van der Waals surface area contributed by atoms with Gasteiger partial charge in [-0.25, -0.2) is 0 Å². The van der Waals surface area contributed by atoms with E-state index in [1.807, 2.05) is 0 Å². The average molecular weight is 210 g/mol. The van der Waals surface area contributed by atoms with Gasteiger partial charge in [-0.2, -0.15) is 0 Å². The second-order valence-corrected chi connectivity index (χ2v) is 4.29. The molecule has 1 unspecified atom stereocenters. The van der Waals surface area contributed by atoms with Crippen molar-refractivity contribution in [3.63, 3.8) is 0 Å². The molecule has 2 rings (SSSR count). The molecule has 0 fully saturated rings. The van der Waals surface area contributed by atoms with Crippen molar-refractivity contribution < 1.29 is 0 Å².